The van der Waals surface area contributed by atoms with Crippen molar-refractivity contribution in [3.8, 4) is 0 Å². The lowest BCUT2D eigenvalue weighted by Gasteiger charge is -2.15. The Morgan fingerprint density at radius 1 is 1.06 bits per heavy atom. The molecule has 0 aromatic carbocycles. The number of hydrogen-bond donors (Lipinski definition) is 4. The first-order valence-electron chi connectivity index (χ1n) is 10.7. The molecule has 2 rings (SSSR count). The number of nitrogens with two attached hydrogens (primary N) is 1. The van der Waals surface area contributed by atoms with E-state index in [2.05, 4.69) is 25.8 Å². The van der Waals surface area contributed by atoms with Crippen LogP contribution in [0.2, 0.25) is 0 Å². The molecular weight excluding hydrogens is 412 g/mol. The minimum atomic E-state index is -0.364. The van der Waals surface area contributed by atoms with Crippen molar-refractivity contribution in [3.05, 3.63) is 36.2 Å². The van der Waals surface area contributed by atoms with E-state index in [1.807, 2.05) is 7.05 Å². The number of hydrogen-bond acceptors (Lipinski definition) is 6. The van der Waals surface area contributed by atoms with Crippen molar-refractivity contribution in [2.75, 3.05) is 45.1 Å². The van der Waals surface area contributed by atoms with Gasteiger partial charge in [0.25, 0.3) is 11.8 Å². The zero-order valence-electron chi connectivity index (χ0n) is 19.1. The Bertz CT molecular complexity index is 905. The minimum Gasteiger partial charge on any atom is -0.356 e. The molecule has 11 heteroatoms. The molecule has 2 aromatic rings. The molecule has 2 heterocycles. The first kappa shape index (κ1) is 25.1. The standard InChI is InChI=1S/C21H34N8O3/c1-27(11-4-7-22)12-5-8-23-18(30)6-9-25-20(31)17-14-16(15-29(17)3)26-21(32)19-24-10-13-28(19)2/h10,13-15H,4-9,11-12,22H2,1-3H3,(H,23,30)(H,25,31)(H,26,32). The van der Waals surface area contributed by atoms with E-state index in [0.717, 1.165) is 25.9 Å². The number of carbonyl (C=O) groups is 3. The predicted molar refractivity (Wildman–Crippen MR) is 122 cm³/mol. The predicted octanol–water partition coefficient (Wildman–Crippen LogP) is -0.0823. The number of rotatable bonds is 13. The van der Waals surface area contributed by atoms with Gasteiger partial charge in [-0.3, -0.25) is 14.4 Å². The molecule has 0 fully saturated rings. The van der Waals surface area contributed by atoms with Gasteiger partial charge in [-0.1, -0.05) is 0 Å². The summed E-state index contributed by atoms with van der Waals surface area (Å²) < 4.78 is 3.22. The maximum absolute atomic E-state index is 12.4. The lowest BCUT2D eigenvalue weighted by molar-refractivity contribution is -0.120. The van der Waals surface area contributed by atoms with E-state index in [1.54, 1.807) is 41.7 Å². The lowest BCUT2D eigenvalue weighted by atomic mass is 10.3. The average Bonchev–Trinajstić information content (AvgIpc) is 3.34. The maximum atomic E-state index is 12.4. The summed E-state index contributed by atoms with van der Waals surface area (Å²) in [5.74, 6) is -0.519. The number of anilines is 1. The number of aryl methyl sites for hydroxylation is 2. The second-order valence-electron chi connectivity index (χ2n) is 7.70. The Kier molecular flexibility index (Phi) is 9.89. The fourth-order valence-electron chi connectivity index (χ4n) is 3.15. The van der Waals surface area contributed by atoms with E-state index < -0.39 is 0 Å². The van der Waals surface area contributed by atoms with Crippen molar-refractivity contribution in [3.63, 3.8) is 0 Å². The fourth-order valence-corrected chi connectivity index (χ4v) is 3.15. The van der Waals surface area contributed by atoms with Crippen LogP contribution in [0.1, 0.15) is 40.4 Å². The van der Waals surface area contributed by atoms with Gasteiger partial charge in [0.2, 0.25) is 5.91 Å². The van der Waals surface area contributed by atoms with Gasteiger partial charge in [0.15, 0.2) is 5.82 Å². The third kappa shape index (κ3) is 7.82. The van der Waals surface area contributed by atoms with Crippen molar-refractivity contribution in [2.45, 2.75) is 19.3 Å². The van der Waals surface area contributed by atoms with E-state index >= 15 is 0 Å². The number of carbonyl (C=O) groups excluding carboxylic acids is 3. The Morgan fingerprint density at radius 3 is 2.50 bits per heavy atom. The van der Waals surface area contributed by atoms with Crippen molar-refractivity contribution in [2.24, 2.45) is 19.8 Å². The van der Waals surface area contributed by atoms with Gasteiger partial charge in [0.1, 0.15) is 5.69 Å². The highest BCUT2D eigenvalue weighted by molar-refractivity contribution is 6.03. The molecule has 0 radical (unpaired) electrons. The quantitative estimate of drug-likeness (QED) is 0.317. The molecule has 0 saturated heterocycles. The van der Waals surface area contributed by atoms with Gasteiger partial charge >= 0.3 is 0 Å². The van der Waals surface area contributed by atoms with Gasteiger partial charge in [-0.15, -0.1) is 0 Å². The Hall–Kier alpha value is -3.18. The first-order valence-corrected chi connectivity index (χ1v) is 10.7. The molecule has 0 atom stereocenters. The molecule has 2 aromatic heterocycles. The molecule has 176 valence electrons. The van der Waals surface area contributed by atoms with E-state index in [-0.39, 0.29) is 36.5 Å². The van der Waals surface area contributed by atoms with E-state index in [9.17, 15) is 14.4 Å². The molecule has 0 spiro atoms. The smallest absolute Gasteiger partial charge is 0.291 e. The summed E-state index contributed by atoms with van der Waals surface area (Å²) in [6.45, 7) is 3.34. The highest BCUT2D eigenvalue weighted by Crippen LogP contribution is 2.14. The van der Waals surface area contributed by atoms with Gasteiger partial charge in [0.05, 0.1) is 5.69 Å². The van der Waals surface area contributed by atoms with Gasteiger partial charge < -0.3 is 35.7 Å². The van der Waals surface area contributed by atoms with Gasteiger partial charge in [0, 0.05) is 52.2 Å². The SMILES string of the molecule is CN(CCCN)CCCNC(=O)CCNC(=O)c1cc(NC(=O)c2nccn2C)cn1C. The zero-order valence-corrected chi connectivity index (χ0v) is 19.1. The Balaban J connectivity index is 1.70. The third-order valence-corrected chi connectivity index (χ3v) is 4.94. The zero-order chi connectivity index (χ0) is 23.5. The molecular formula is C21H34N8O3. The number of amides is 3. The number of nitrogens with one attached hydrogen (secondary N) is 3. The normalized spacial score (nSPS) is 10.9. The molecule has 0 unspecified atom stereocenters. The van der Waals surface area contributed by atoms with Crippen LogP contribution >= 0.6 is 0 Å². The number of aromatic nitrogens is 3. The van der Waals surface area contributed by atoms with Gasteiger partial charge in [-0.2, -0.15) is 0 Å². The lowest BCUT2D eigenvalue weighted by Crippen LogP contribution is -2.33. The summed E-state index contributed by atoms with van der Waals surface area (Å²) in [5, 5.41) is 8.32. The minimum absolute atomic E-state index is 0.107. The second-order valence-corrected chi connectivity index (χ2v) is 7.70. The first-order chi connectivity index (χ1) is 15.3. The molecule has 11 nitrogen and oxygen atoms in total. The summed E-state index contributed by atoms with van der Waals surface area (Å²) in [6, 6.07) is 1.58. The van der Waals surface area contributed by atoms with E-state index in [0.29, 0.717) is 24.5 Å². The van der Waals surface area contributed by atoms with Crippen LogP contribution in [0, 0.1) is 0 Å². The molecule has 3 amide bonds. The molecule has 0 saturated carbocycles. The van der Waals surface area contributed by atoms with Crippen LogP contribution in [0.4, 0.5) is 5.69 Å². The highest BCUT2D eigenvalue weighted by Gasteiger charge is 2.16. The third-order valence-electron chi connectivity index (χ3n) is 4.94. The average molecular weight is 447 g/mol. The highest BCUT2D eigenvalue weighted by atomic mass is 16.2. The summed E-state index contributed by atoms with van der Waals surface area (Å²) in [7, 11) is 5.47. The molecule has 32 heavy (non-hydrogen) atoms. The molecule has 0 aliphatic rings. The Labute approximate surface area is 188 Å². The van der Waals surface area contributed by atoms with Gasteiger partial charge in [-0.25, -0.2) is 4.98 Å². The summed E-state index contributed by atoms with van der Waals surface area (Å²) in [6.07, 6.45) is 6.87. The van der Waals surface area contributed by atoms with Gasteiger partial charge in [-0.05, 0) is 45.6 Å². The van der Waals surface area contributed by atoms with E-state index in [4.69, 9.17) is 5.73 Å². The monoisotopic (exact) mass is 446 g/mol. The number of imidazole rings is 1. The van der Waals surface area contributed by atoms with Crippen LogP contribution in [0.3, 0.4) is 0 Å². The fraction of sp³-hybridized carbons (Fsp3) is 0.524. The van der Waals surface area contributed by atoms with E-state index in [1.165, 1.54) is 6.20 Å². The summed E-state index contributed by atoms with van der Waals surface area (Å²) >= 11 is 0. The topological polar surface area (TPSA) is 139 Å². The van der Waals surface area contributed by atoms with Crippen LogP contribution in [0.5, 0.6) is 0 Å². The van der Waals surface area contributed by atoms with Crippen molar-refractivity contribution in [1.82, 2.24) is 29.7 Å². The van der Waals surface area contributed by atoms with Crippen LogP contribution < -0.4 is 21.7 Å². The van der Waals surface area contributed by atoms with Crippen molar-refractivity contribution < 1.29 is 14.4 Å². The molecule has 0 aliphatic heterocycles. The van der Waals surface area contributed by atoms with Crippen molar-refractivity contribution in [1.29, 1.82) is 0 Å². The molecule has 0 aliphatic carbocycles. The molecule has 5 N–H and O–H groups in total. The summed E-state index contributed by atoms with van der Waals surface area (Å²) in [5.41, 5.74) is 6.36. The largest absolute Gasteiger partial charge is 0.356 e. The van der Waals surface area contributed by atoms with Crippen LogP contribution in [-0.2, 0) is 18.9 Å². The second kappa shape index (κ2) is 12.6. The van der Waals surface area contributed by atoms with Crippen LogP contribution in [-0.4, -0.2) is 76.5 Å². The van der Waals surface area contributed by atoms with Crippen LogP contribution in [0.15, 0.2) is 24.7 Å². The van der Waals surface area contributed by atoms with Crippen LogP contribution in [0.25, 0.3) is 0 Å². The summed E-state index contributed by atoms with van der Waals surface area (Å²) in [4.78, 5) is 42.9. The molecule has 0 bridgehead atoms. The maximum Gasteiger partial charge on any atom is 0.291 e. The number of nitrogens with zero attached hydrogens (tertiary/aromatic N) is 4. The van der Waals surface area contributed by atoms with Crippen molar-refractivity contribution >= 4 is 23.4 Å². The Morgan fingerprint density at radius 2 is 1.81 bits per heavy atom.